The maximum absolute atomic E-state index is 2.27. The van der Waals surface area contributed by atoms with Crippen molar-refractivity contribution in [1.29, 1.82) is 0 Å². The second kappa shape index (κ2) is 16.3. The van der Waals surface area contributed by atoms with Crippen molar-refractivity contribution in [1.82, 2.24) is 0 Å². The Bertz CT molecular complexity index is 1220. The summed E-state index contributed by atoms with van der Waals surface area (Å²) in [6.07, 6.45) is 2.97. The molecule has 0 aromatic heterocycles. The molecule has 182 valence electrons. The Labute approximate surface area is 239 Å². The summed E-state index contributed by atoms with van der Waals surface area (Å²) >= 11 is 1.72. The van der Waals surface area contributed by atoms with Gasteiger partial charge >= 0.3 is 71.4 Å². The predicted octanol–water partition coefficient (Wildman–Crippen LogP) is 1.95. The standard InChI is InChI=1S/2C12H13.C7H8Si.2ClH.Zr/c2*1-3-10-5-4-6-11-7-9(2)8-12(10)11;8-6-7-4-2-1-3-5-7;;;/h2*4-8H,3H2,1-2H3;1-5,8H,6H2;2*1H;/q2*-1;;;;+2/p-2. The minimum atomic E-state index is 0. The van der Waals surface area contributed by atoms with Gasteiger partial charge < -0.3 is 24.8 Å². The van der Waals surface area contributed by atoms with Crippen molar-refractivity contribution >= 4 is 27.7 Å². The van der Waals surface area contributed by atoms with Crippen molar-refractivity contribution in [3.05, 3.63) is 119 Å². The number of hydrogen-bond donors (Lipinski definition) is 0. The van der Waals surface area contributed by atoms with Crippen LogP contribution < -0.4 is 24.8 Å². The summed E-state index contributed by atoms with van der Waals surface area (Å²) < 4.78 is 0. The molecule has 0 aliphatic rings. The number of halogens is 2. The average Bonchev–Trinajstić information content (AvgIpc) is 3.41. The molecule has 35 heavy (non-hydrogen) atoms. The molecular formula is C31H34Cl2SiZr-2. The summed E-state index contributed by atoms with van der Waals surface area (Å²) in [5.74, 6) is 0. The molecule has 0 amide bonds. The second-order valence-corrected chi connectivity index (χ2v) is 12.3. The molecule has 0 N–H and O–H groups in total. The molecule has 0 aliphatic heterocycles. The van der Waals surface area contributed by atoms with Crippen LogP contribution in [0.25, 0.3) is 21.5 Å². The van der Waals surface area contributed by atoms with Crippen molar-refractivity contribution in [2.24, 2.45) is 0 Å². The first-order valence-electron chi connectivity index (χ1n) is 11.9. The van der Waals surface area contributed by atoms with Crippen LogP contribution in [-0.4, -0.2) is 6.16 Å². The Kier molecular flexibility index (Phi) is 14.7. The van der Waals surface area contributed by atoms with Gasteiger partial charge in [-0.25, -0.2) is 0 Å². The summed E-state index contributed by atoms with van der Waals surface area (Å²) in [4.78, 5) is 0. The molecule has 0 aliphatic carbocycles. The summed E-state index contributed by atoms with van der Waals surface area (Å²) in [5.41, 5.74) is 7.15. The zero-order chi connectivity index (χ0) is 23.6. The monoisotopic (exact) mass is 594 g/mol. The molecule has 0 saturated carbocycles. The molecule has 4 heteroatoms. The molecule has 5 rings (SSSR count). The first-order valence-corrected chi connectivity index (χ1v) is 17.5. The molecular weight excluding hydrogens is 563 g/mol. The summed E-state index contributed by atoms with van der Waals surface area (Å²) in [6.45, 7) is 8.72. The van der Waals surface area contributed by atoms with Gasteiger partial charge in [0.15, 0.2) is 0 Å². The molecule has 0 saturated heterocycles. The SMILES string of the molecule is CCc1cccc2[cH-]c(C)cc12.CCc1cccc2[cH-]c(C)cc12.[Cl-].[Cl-].[Zr+2]=[SiH]Cc1ccccc1. The average molecular weight is 597 g/mol. The van der Waals surface area contributed by atoms with E-state index in [2.05, 4.69) is 119 Å². The Balaban J connectivity index is 0.000000258. The van der Waals surface area contributed by atoms with E-state index in [9.17, 15) is 0 Å². The van der Waals surface area contributed by atoms with Gasteiger partial charge in [0.05, 0.1) is 0 Å². The van der Waals surface area contributed by atoms with Gasteiger partial charge in [-0.3, -0.25) is 0 Å². The van der Waals surface area contributed by atoms with Crippen LogP contribution in [0.1, 0.15) is 41.7 Å². The third-order valence-electron chi connectivity index (χ3n) is 5.91. The first-order chi connectivity index (χ1) is 16.0. The third kappa shape index (κ3) is 9.18. The van der Waals surface area contributed by atoms with Crippen molar-refractivity contribution < 1.29 is 48.1 Å². The van der Waals surface area contributed by atoms with Gasteiger partial charge in [0.25, 0.3) is 0 Å². The number of aryl methyl sites for hydroxylation is 4. The van der Waals surface area contributed by atoms with Crippen LogP contribution in [0.4, 0.5) is 0 Å². The van der Waals surface area contributed by atoms with Crippen molar-refractivity contribution in [3.63, 3.8) is 0 Å². The van der Waals surface area contributed by atoms with Crippen molar-refractivity contribution in [2.75, 3.05) is 0 Å². The van der Waals surface area contributed by atoms with Crippen LogP contribution in [0.3, 0.4) is 0 Å². The molecule has 0 spiro atoms. The normalized spacial score (nSPS) is 9.77. The molecule has 0 nitrogen and oxygen atoms in total. The van der Waals surface area contributed by atoms with Crippen LogP contribution >= 0.6 is 0 Å². The van der Waals surface area contributed by atoms with E-state index in [4.69, 9.17) is 0 Å². The van der Waals surface area contributed by atoms with Gasteiger partial charge in [-0.05, 0) is 12.8 Å². The van der Waals surface area contributed by atoms with Crippen LogP contribution in [-0.2, 0) is 42.2 Å². The van der Waals surface area contributed by atoms with Crippen molar-refractivity contribution in [3.8, 4) is 0 Å². The number of rotatable bonds is 4. The molecule has 5 aromatic carbocycles. The fourth-order valence-corrected chi connectivity index (χ4v) is 6.49. The third-order valence-corrected chi connectivity index (χ3v) is 8.09. The number of benzene rings is 3. The molecule has 0 radical (unpaired) electrons. The zero-order valence-corrected chi connectivity index (χ0v) is 26.2. The van der Waals surface area contributed by atoms with E-state index in [0.717, 1.165) is 12.8 Å². The van der Waals surface area contributed by atoms with Crippen LogP contribution in [0.5, 0.6) is 0 Å². The Hall–Kier alpha value is -1.44. The van der Waals surface area contributed by atoms with E-state index < -0.39 is 0 Å². The van der Waals surface area contributed by atoms with E-state index in [1.54, 1.807) is 23.3 Å². The van der Waals surface area contributed by atoms with E-state index >= 15 is 0 Å². The van der Waals surface area contributed by atoms with E-state index in [1.807, 2.05) is 0 Å². The van der Waals surface area contributed by atoms with Crippen molar-refractivity contribution in [2.45, 2.75) is 46.6 Å². The quantitative estimate of drug-likeness (QED) is 0.220. The van der Waals surface area contributed by atoms with Gasteiger partial charge in [0.1, 0.15) is 0 Å². The summed E-state index contributed by atoms with van der Waals surface area (Å²) in [7, 11) is 0. The van der Waals surface area contributed by atoms with E-state index in [1.165, 1.54) is 55.4 Å². The molecule has 0 atom stereocenters. The minimum absolute atomic E-state index is 0. The first kappa shape index (κ1) is 31.6. The van der Waals surface area contributed by atoms with Crippen LogP contribution in [0, 0.1) is 13.8 Å². The second-order valence-electron chi connectivity index (χ2n) is 8.51. The molecule has 5 aromatic rings. The van der Waals surface area contributed by atoms with Gasteiger partial charge in [0, 0.05) is 0 Å². The topological polar surface area (TPSA) is 0 Å². The Morgan fingerprint density at radius 1 is 0.657 bits per heavy atom. The van der Waals surface area contributed by atoms with Gasteiger partial charge in [0.2, 0.25) is 0 Å². The fraction of sp³-hybridized carbons (Fsp3) is 0.226. The molecule has 0 unspecified atom stereocenters. The summed E-state index contributed by atoms with van der Waals surface area (Å²) in [5, 5.41) is 5.62. The maximum atomic E-state index is 2.27. The van der Waals surface area contributed by atoms with Gasteiger partial charge in [-0.2, -0.15) is 12.1 Å². The number of fused-ring (bicyclic) bond motifs is 2. The fourth-order valence-electron chi connectivity index (χ4n) is 4.25. The van der Waals surface area contributed by atoms with Gasteiger partial charge in [-0.1, -0.05) is 51.0 Å². The number of hydrogen-bond acceptors (Lipinski definition) is 0. The van der Waals surface area contributed by atoms with Gasteiger partial charge in [-0.15, -0.1) is 69.1 Å². The summed E-state index contributed by atoms with van der Waals surface area (Å²) in [6, 6.07) is 34.1. The van der Waals surface area contributed by atoms with Crippen LogP contribution in [0.2, 0.25) is 0 Å². The molecule has 0 bridgehead atoms. The Morgan fingerprint density at radius 3 is 1.51 bits per heavy atom. The Morgan fingerprint density at radius 2 is 1.11 bits per heavy atom. The predicted molar refractivity (Wildman–Crippen MR) is 145 cm³/mol. The zero-order valence-electron chi connectivity index (χ0n) is 21.1. The van der Waals surface area contributed by atoms with E-state index in [-0.39, 0.29) is 24.8 Å². The van der Waals surface area contributed by atoms with E-state index in [0.29, 0.717) is 6.16 Å². The molecule has 0 fully saturated rings. The molecule has 0 heterocycles. The van der Waals surface area contributed by atoms with Crippen LogP contribution in [0.15, 0.2) is 91.0 Å².